The third-order valence-electron chi connectivity index (χ3n) is 3.67. The minimum atomic E-state index is 0.704. The van der Waals surface area contributed by atoms with Crippen molar-refractivity contribution < 1.29 is 0 Å². The number of rotatable bonds is 3. The molecular formula is C15H18N2. The molecule has 0 radical (unpaired) electrons. The van der Waals surface area contributed by atoms with E-state index >= 15 is 0 Å². The Labute approximate surface area is 102 Å². The average Bonchev–Trinajstić information content (AvgIpc) is 2.89. The lowest BCUT2D eigenvalue weighted by Gasteiger charge is -2.12. The van der Waals surface area contributed by atoms with E-state index in [-0.39, 0.29) is 0 Å². The van der Waals surface area contributed by atoms with Crippen molar-refractivity contribution in [2.24, 2.45) is 0 Å². The van der Waals surface area contributed by atoms with Crippen molar-refractivity contribution in [3.63, 3.8) is 0 Å². The van der Waals surface area contributed by atoms with Crippen LogP contribution in [0.25, 0.3) is 10.8 Å². The van der Waals surface area contributed by atoms with Crippen molar-refractivity contribution in [3.05, 3.63) is 42.2 Å². The van der Waals surface area contributed by atoms with Crippen LogP contribution in [0.4, 0.5) is 0 Å². The fourth-order valence-electron chi connectivity index (χ4n) is 2.69. The van der Waals surface area contributed by atoms with Crippen molar-refractivity contribution >= 4 is 10.8 Å². The molecule has 1 aliphatic carbocycles. The Hall–Kier alpha value is -1.41. The van der Waals surface area contributed by atoms with Gasteiger partial charge in [-0.3, -0.25) is 4.98 Å². The van der Waals surface area contributed by atoms with Crippen LogP contribution in [0.1, 0.15) is 31.4 Å². The number of aromatic nitrogens is 1. The Bertz CT molecular complexity index is 496. The summed E-state index contributed by atoms with van der Waals surface area (Å²) in [6, 6.07) is 11.3. The summed E-state index contributed by atoms with van der Waals surface area (Å²) >= 11 is 0. The minimum Gasteiger partial charge on any atom is -0.308 e. The molecule has 0 spiro atoms. The number of hydrogen-bond acceptors (Lipinski definition) is 2. The lowest BCUT2D eigenvalue weighted by molar-refractivity contribution is 0.521. The quantitative estimate of drug-likeness (QED) is 0.869. The zero-order chi connectivity index (χ0) is 11.5. The zero-order valence-electron chi connectivity index (χ0n) is 10.0. The van der Waals surface area contributed by atoms with Gasteiger partial charge in [-0.1, -0.05) is 37.1 Å². The first kappa shape index (κ1) is 10.7. The molecule has 1 heterocycles. The lowest BCUT2D eigenvalue weighted by Crippen LogP contribution is -2.25. The lowest BCUT2D eigenvalue weighted by atomic mass is 10.1. The predicted molar refractivity (Wildman–Crippen MR) is 70.8 cm³/mol. The monoisotopic (exact) mass is 226 g/mol. The molecule has 17 heavy (non-hydrogen) atoms. The van der Waals surface area contributed by atoms with Gasteiger partial charge in [0.1, 0.15) is 0 Å². The Kier molecular flexibility index (Phi) is 3.06. The number of hydrogen-bond donors (Lipinski definition) is 1. The SMILES string of the molecule is c1ccc2c(CNC3CCCC3)nccc2c1. The van der Waals surface area contributed by atoms with Crippen molar-refractivity contribution in [1.29, 1.82) is 0 Å². The van der Waals surface area contributed by atoms with Crippen LogP contribution in [0.2, 0.25) is 0 Å². The van der Waals surface area contributed by atoms with Crippen LogP contribution in [0.5, 0.6) is 0 Å². The Morgan fingerprint density at radius 2 is 1.94 bits per heavy atom. The van der Waals surface area contributed by atoms with Crippen LogP contribution < -0.4 is 5.32 Å². The first-order valence-corrected chi connectivity index (χ1v) is 6.49. The maximum absolute atomic E-state index is 4.51. The fourth-order valence-corrected chi connectivity index (χ4v) is 2.69. The van der Waals surface area contributed by atoms with Gasteiger partial charge in [0.25, 0.3) is 0 Å². The zero-order valence-corrected chi connectivity index (χ0v) is 10.0. The number of pyridine rings is 1. The van der Waals surface area contributed by atoms with Crippen LogP contribution >= 0.6 is 0 Å². The third kappa shape index (κ3) is 2.32. The van der Waals surface area contributed by atoms with Gasteiger partial charge in [0.15, 0.2) is 0 Å². The van der Waals surface area contributed by atoms with Crippen LogP contribution in [0.3, 0.4) is 0 Å². The van der Waals surface area contributed by atoms with Gasteiger partial charge in [-0.25, -0.2) is 0 Å². The van der Waals surface area contributed by atoms with E-state index < -0.39 is 0 Å². The Balaban J connectivity index is 1.79. The molecule has 0 unspecified atom stereocenters. The highest BCUT2D eigenvalue weighted by atomic mass is 14.9. The predicted octanol–water partition coefficient (Wildman–Crippen LogP) is 3.27. The summed E-state index contributed by atoms with van der Waals surface area (Å²) in [6.45, 7) is 0.895. The minimum absolute atomic E-state index is 0.704. The summed E-state index contributed by atoms with van der Waals surface area (Å²) in [5, 5.41) is 6.19. The van der Waals surface area contributed by atoms with E-state index in [0.29, 0.717) is 6.04 Å². The van der Waals surface area contributed by atoms with Gasteiger partial charge < -0.3 is 5.32 Å². The van der Waals surface area contributed by atoms with Crippen LogP contribution in [-0.4, -0.2) is 11.0 Å². The molecule has 1 aromatic carbocycles. The Morgan fingerprint density at radius 3 is 2.82 bits per heavy atom. The van der Waals surface area contributed by atoms with Crippen LogP contribution in [0.15, 0.2) is 36.5 Å². The summed E-state index contributed by atoms with van der Waals surface area (Å²) in [7, 11) is 0. The second kappa shape index (κ2) is 4.84. The topological polar surface area (TPSA) is 24.9 Å². The van der Waals surface area contributed by atoms with Crippen molar-refractivity contribution in [1.82, 2.24) is 10.3 Å². The summed E-state index contributed by atoms with van der Waals surface area (Å²) < 4.78 is 0. The molecule has 3 rings (SSSR count). The smallest absolute Gasteiger partial charge is 0.0619 e. The maximum Gasteiger partial charge on any atom is 0.0619 e. The van der Waals surface area contributed by atoms with Crippen molar-refractivity contribution in [3.8, 4) is 0 Å². The molecule has 0 bridgehead atoms. The molecule has 1 N–H and O–H groups in total. The Morgan fingerprint density at radius 1 is 1.12 bits per heavy atom. The van der Waals surface area contributed by atoms with Gasteiger partial charge in [0.2, 0.25) is 0 Å². The van der Waals surface area contributed by atoms with Gasteiger partial charge in [0, 0.05) is 24.2 Å². The molecule has 2 aromatic rings. The summed E-state index contributed by atoms with van der Waals surface area (Å²) in [6.07, 6.45) is 7.31. The van der Waals surface area contributed by atoms with E-state index in [9.17, 15) is 0 Å². The number of nitrogens with one attached hydrogen (secondary N) is 1. The van der Waals surface area contributed by atoms with E-state index in [2.05, 4.69) is 40.6 Å². The molecule has 2 nitrogen and oxygen atoms in total. The van der Waals surface area contributed by atoms with Crippen molar-refractivity contribution in [2.45, 2.75) is 38.3 Å². The van der Waals surface area contributed by atoms with E-state index in [1.54, 1.807) is 0 Å². The first-order valence-electron chi connectivity index (χ1n) is 6.49. The average molecular weight is 226 g/mol. The fraction of sp³-hybridized carbons (Fsp3) is 0.400. The second-order valence-corrected chi connectivity index (χ2v) is 4.84. The molecule has 0 saturated heterocycles. The molecule has 88 valence electrons. The van der Waals surface area contributed by atoms with E-state index in [0.717, 1.165) is 6.54 Å². The molecular weight excluding hydrogens is 208 g/mol. The molecule has 1 saturated carbocycles. The van der Waals surface area contributed by atoms with Gasteiger partial charge in [-0.2, -0.15) is 0 Å². The van der Waals surface area contributed by atoms with E-state index in [4.69, 9.17) is 0 Å². The standard InChI is InChI=1S/C15H18N2/c1-4-8-14-12(5-1)9-10-16-15(14)11-17-13-6-2-3-7-13/h1,4-5,8-10,13,17H,2-3,6-7,11H2. The highest BCUT2D eigenvalue weighted by Gasteiger charge is 2.14. The molecule has 1 aromatic heterocycles. The van der Waals surface area contributed by atoms with Gasteiger partial charge in [0.05, 0.1) is 5.69 Å². The molecule has 1 fully saturated rings. The summed E-state index contributed by atoms with van der Waals surface area (Å²) in [4.78, 5) is 4.51. The van der Waals surface area contributed by atoms with Crippen LogP contribution in [-0.2, 0) is 6.54 Å². The largest absolute Gasteiger partial charge is 0.308 e. The number of nitrogens with zero attached hydrogens (tertiary/aromatic N) is 1. The molecule has 0 aliphatic heterocycles. The van der Waals surface area contributed by atoms with E-state index in [1.165, 1.54) is 42.1 Å². The van der Waals surface area contributed by atoms with Crippen LogP contribution in [0, 0.1) is 0 Å². The molecule has 0 atom stereocenters. The van der Waals surface area contributed by atoms with Crippen molar-refractivity contribution in [2.75, 3.05) is 0 Å². The number of benzene rings is 1. The molecule has 0 amide bonds. The van der Waals surface area contributed by atoms with Gasteiger partial charge >= 0.3 is 0 Å². The van der Waals surface area contributed by atoms with Gasteiger partial charge in [-0.05, 0) is 24.3 Å². The molecule has 1 aliphatic rings. The molecule has 2 heteroatoms. The van der Waals surface area contributed by atoms with E-state index in [1.807, 2.05) is 6.20 Å². The normalized spacial score (nSPS) is 16.7. The maximum atomic E-state index is 4.51. The highest BCUT2D eigenvalue weighted by Crippen LogP contribution is 2.20. The number of fused-ring (bicyclic) bond motifs is 1. The first-order chi connectivity index (χ1) is 8.43. The second-order valence-electron chi connectivity index (χ2n) is 4.84. The highest BCUT2D eigenvalue weighted by molar-refractivity contribution is 5.84. The third-order valence-corrected chi connectivity index (χ3v) is 3.67. The summed E-state index contributed by atoms with van der Waals surface area (Å²) in [5.74, 6) is 0. The van der Waals surface area contributed by atoms with Gasteiger partial charge in [-0.15, -0.1) is 0 Å². The summed E-state index contributed by atoms with van der Waals surface area (Å²) in [5.41, 5.74) is 1.18.